The van der Waals surface area contributed by atoms with Gasteiger partial charge in [0.25, 0.3) is 5.91 Å². The van der Waals surface area contributed by atoms with Crippen LogP contribution in [-0.2, 0) is 19.5 Å². The highest BCUT2D eigenvalue weighted by molar-refractivity contribution is 6.06. The van der Waals surface area contributed by atoms with Gasteiger partial charge in [-0.2, -0.15) is 0 Å². The summed E-state index contributed by atoms with van der Waals surface area (Å²) in [4.78, 5) is 16.6. The highest BCUT2D eigenvalue weighted by Crippen LogP contribution is 2.21. The van der Waals surface area contributed by atoms with Crippen LogP contribution in [0.2, 0.25) is 0 Å². The minimum absolute atomic E-state index is 0.276. The Kier molecular flexibility index (Phi) is 4.15. The van der Waals surface area contributed by atoms with Gasteiger partial charge in [-0.3, -0.25) is 9.78 Å². The molecule has 1 amide bonds. The summed E-state index contributed by atoms with van der Waals surface area (Å²) in [6, 6.07) is 10.6. The molecule has 5 heteroatoms. The van der Waals surface area contributed by atoms with E-state index in [-0.39, 0.29) is 5.91 Å². The van der Waals surface area contributed by atoms with Crippen LogP contribution in [-0.4, -0.2) is 17.4 Å². The van der Waals surface area contributed by atoms with Crippen molar-refractivity contribution < 1.29 is 9.18 Å². The summed E-state index contributed by atoms with van der Waals surface area (Å²) >= 11 is 0. The molecular formula is C20H18FN3O. The fraction of sp³-hybridized carbons (Fsp3) is 0.200. The number of carbonyl (C=O) groups is 1. The average Bonchev–Trinajstić information content (AvgIpc) is 2.65. The molecule has 0 radical (unpaired) electrons. The van der Waals surface area contributed by atoms with Gasteiger partial charge < -0.3 is 10.6 Å². The number of amides is 1. The molecule has 2 N–H and O–H groups in total. The summed E-state index contributed by atoms with van der Waals surface area (Å²) in [5.41, 5.74) is 4.04. The van der Waals surface area contributed by atoms with Crippen molar-refractivity contribution in [3.63, 3.8) is 0 Å². The molecular weight excluding hydrogens is 317 g/mol. The monoisotopic (exact) mass is 335 g/mol. The van der Waals surface area contributed by atoms with Gasteiger partial charge in [0.2, 0.25) is 0 Å². The maximum Gasteiger partial charge on any atom is 0.252 e. The molecule has 2 heterocycles. The number of fused-ring (bicyclic) bond motifs is 2. The van der Waals surface area contributed by atoms with Crippen LogP contribution in [0.4, 0.5) is 4.39 Å². The standard InChI is InChI=1S/C20H18FN3O/c21-16-8-15-11-23-7-5-18(15)19(9-16)20(25)24-12-14-3-1-2-13-10-22-6-4-17(13)14/h1-3,5,7-9,11,22H,4,6,10,12H2,(H,24,25). The molecule has 1 aliphatic heterocycles. The molecule has 0 saturated heterocycles. The van der Waals surface area contributed by atoms with E-state index in [0.717, 1.165) is 25.1 Å². The second-order valence-electron chi connectivity index (χ2n) is 6.21. The van der Waals surface area contributed by atoms with Crippen molar-refractivity contribution in [1.29, 1.82) is 0 Å². The van der Waals surface area contributed by atoms with Crippen LogP contribution in [0, 0.1) is 5.82 Å². The van der Waals surface area contributed by atoms with E-state index in [9.17, 15) is 9.18 Å². The molecule has 0 aliphatic carbocycles. The Hall–Kier alpha value is -2.79. The summed E-state index contributed by atoms with van der Waals surface area (Å²) < 4.78 is 13.8. The van der Waals surface area contributed by atoms with Crippen molar-refractivity contribution in [2.45, 2.75) is 19.5 Å². The van der Waals surface area contributed by atoms with Crippen molar-refractivity contribution in [2.24, 2.45) is 0 Å². The molecule has 0 saturated carbocycles. The molecule has 3 aromatic rings. The topological polar surface area (TPSA) is 54.0 Å². The molecule has 0 bridgehead atoms. The number of hydrogen-bond donors (Lipinski definition) is 2. The third-order valence-corrected chi connectivity index (χ3v) is 4.64. The van der Waals surface area contributed by atoms with E-state index in [1.165, 1.54) is 23.3 Å². The molecule has 2 aromatic carbocycles. The van der Waals surface area contributed by atoms with Crippen molar-refractivity contribution in [2.75, 3.05) is 6.54 Å². The van der Waals surface area contributed by atoms with Gasteiger partial charge >= 0.3 is 0 Å². The summed E-state index contributed by atoms with van der Waals surface area (Å²) in [5, 5.41) is 7.61. The van der Waals surface area contributed by atoms with Crippen LogP contribution >= 0.6 is 0 Å². The van der Waals surface area contributed by atoms with Crippen LogP contribution in [0.1, 0.15) is 27.0 Å². The fourth-order valence-corrected chi connectivity index (χ4v) is 3.41. The lowest BCUT2D eigenvalue weighted by molar-refractivity contribution is 0.0952. The highest BCUT2D eigenvalue weighted by Gasteiger charge is 2.15. The van der Waals surface area contributed by atoms with Crippen LogP contribution < -0.4 is 10.6 Å². The normalized spacial score (nSPS) is 13.5. The van der Waals surface area contributed by atoms with Gasteiger partial charge in [-0.15, -0.1) is 0 Å². The first-order valence-electron chi connectivity index (χ1n) is 8.34. The van der Waals surface area contributed by atoms with E-state index in [1.807, 2.05) is 12.1 Å². The lowest BCUT2D eigenvalue weighted by Gasteiger charge is -2.20. The summed E-state index contributed by atoms with van der Waals surface area (Å²) in [6.45, 7) is 2.24. The molecule has 4 rings (SSSR count). The molecule has 1 aliphatic rings. The van der Waals surface area contributed by atoms with Crippen molar-refractivity contribution >= 4 is 16.7 Å². The fourth-order valence-electron chi connectivity index (χ4n) is 3.41. The van der Waals surface area contributed by atoms with Gasteiger partial charge in [0.1, 0.15) is 5.82 Å². The van der Waals surface area contributed by atoms with Gasteiger partial charge in [0, 0.05) is 30.9 Å². The molecule has 0 unspecified atom stereocenters. The third-order valence-electron chi connectivity index (χ3n) is 4.64. The number of carbonyl (C=O) groups excluding carboxylic acids is 1. The smallest absolute Gasteiger partial charge is 0.252 e. The number of aromatic nitrogens is 1. The van der Waals surface area contributed by atoms with Gasteiger partial charge in [-0.25, -0.2) is 4.39 Å². The maximum absolute atomic E-state index is 13.8. The zero-order valence-electron chi connectivity index (χ0n) is 13.7. The molecule has 0 spiro atoms. The van der Waals surface area contributed by atoms with Crippen LogP contribution in [0.15, 0.2) is 48.8 Å². The summed E-state index contributed by atoms with van der Waals surface area (Å²) in [7, 11) is 0. The predicted molar refractivity (Wildman–Crippen MR) is 94.7 cm³/mol. The summed E-state index contributed by atoms with van der Waals surface area (Å²) in [6.07, 6.45) is 4.13. The van der Waals surface area contributed by atoms with E-state index in [0.29, 0.717) is 22.9 Å². The van der Waals surface area contributed by atoms with Crippen molar-refractivity contribution in [3.8, 4) is 0 Å². The zero-order chi connectivity index (χ0) is 17.2. The number of halogens is 1. The minimum atomic E-state index is -0.436. The SMILES string of the molecule is O=C(NCc1cccc2c1CCNC2)c1cc(F)cc2cnccc12. The molecule has 25 heavy (non-hydrogen) atoms. The number of pyridine rings is 1. The van der Waals surface area contributed by atoms with E-state index >= 15 is 0 Å². The van der Waals surface area contributed by atoms with Gasteiger partial charge in [0.15, 0.2) is 0 Å². The average molecular weight is 335 g/mol. The van der Waals surface area contributed by atoms with Gasteiger partial charge in [-0.05, 0) is 53.2 Å². The first kappa shape index (κ1) is 15.7. The lowest BCUT2D eigenvalue weighted by atomic mass is 9.95. The van der Waals surface area contributed by atoms with Crippen LogP contribution in [0.3, 0.4) is 0 Å². The Balaban J connectivity index is 1.60. The van der Waals surface area contributed by atoms with Gasteiger partial charge in [-0.1, -0.05) is 18.2 Å². The predicted octanol–water partition coefficient (Wildman–Crippen LogP) is 2.95. The number of rotatable bonds is 3. The van der Waals surface area contributed by atoms with E-state index in [1.54, 1.807) is 18.5 Å². The Morgan fingerprint density at radius 3 is 3.12 bits per heavy atom. The molecule has 0 fully saturated rings. The molecule has 0 atom stereocenters. The Morgan fingerprint density at radius 1 is 1.28 bits per heavy atom. The Morgan fingerprint density at radius 2 is 2.20 bits per heavy atom. The van der Waals surface area contributed by atoms with E-state index < -0.39 is 5.82 Å². The van der Waals surface area contributed by atoms with Crippen LogP contribution in [0.25, 0.3) is 10.8 Å². The minimum Gasteiger partial charge on any atom is -0.348 e. The largest absolute Gasteiger partial charge is 0.348 e. The van der Waals surface area contributed by atoms with Gasteiger partial charge in [0.05, 0.1) is 5.56 Å². The number of nitrogens with one attached hydrogen (secondary N) is 2. The third kappa shape index (κ3) is 3.10. The number of benzene rings is 2. The first-order valence-corrected chi connectivity index (χ1v) is 8.34. The maximum atomic E-state index is 13.8. The van der Waals surface area contributed by atoms with Crippen molar-refractivity contribution in [1.82, 2.24) is 15.6 Å². The second kappa shape index (κ2) is 6.61. The highest BCUT2D eigenvalue weighted by atomic mass is 19.1. The molecule has 4 nitrogen and oxygen atoms in total. The Labute approximate surface area is 145 Å². The number of nitrogens with zero attached hydrogens (tertiary/aromatic N) is 1. The van der Waals surface area contributed by atoms with Crippen molar-refractivity contribution in [3.05, 3.63) is 76.9 Å². The van der Waals surface area contributed by atoms with E-state index in [2.05, 4.69) is 21.7 Å². The lowest BCUT2D eigenvalue weighted by Crippen LogP contribution is -2.27. The quantitative estimate of drug-likeness (QED) is 0.774. The molecule has 126 valence electrons. The number of hydrogen-bond acceptors (Lipinski definition) is 3. The molecule has 1 aromatic heterocycles. The first-order chi connectivity index (χ1) is 12.2. The Bertz CT molecular complexity index is 955. The second-order valence-corrected chi connectivity index (χ2v) is 6.21. The van der Waals surface area contributed by atoms with Crippen LogP contribution in [0.5, 0.6) is 0 Å². The summed E-state index contributed by atoms with van der Waals surface area (Å²) in [5.74, 6) is -0.712. The zero-order valence-corrected chi connectivity index (χ0v) is 13.7. The van der Waals surface area contributed by atoms with E-state index in [4.69, 9.17) is 0 Å².